The van der Waals surface area contributed by atoms with E-state index in [2.05, 4.69) is 6.58 Å². The van der Waals surface area contributed by atoms with E-state index in [1.165, 1.54) is 25.7 Å². The minimum absolute atomic E-state index is 0.279. The Kier molecular flexibility index (Phi) is 6.27. The summed E-state index contributed by atoms with van der Waals surface area (Å²) in [5.74, 6) is 1.11. The van der Waals surface area contributed by atoms with Crippen LogP contribution in [0.15, 0.2) is 12.2 Å². The van der Waals surface area contributed by atoms with Crippen molar-refractivity contribution in [2.24, 2.45) is 11.8 Å². The number of aliphatic hydroxyl groups is 1. The van der Waals surface area contributed by atoms with Crippen LogP contribution in [0.4, 0.5) is 0 Å². The molecule has 17 heavy (non-hydrogen) atoms. The van der Waals surface area contributed by atoms with Gasteiger partial charge in [-0.15, -0.1) is 0 Å². The van der Waals surface area contributed by atoms with Crippen molar-refractivity contribution in [2.45, 2.75) is 45.4 Å². The molecule has 0 saturated heterocycles. The second-order valence-electron chi connectivity index (χ2n) is 5.10. The highest BCUT2D eigenvalue weighted by atomic mass is 16.5. The Labute approximate surface area is 104 Å². The van der Waals surface area contributed by atoms with Crippen molar-refractivity contribution in [3.05, 3.63) is 12.2 Å². The zero-order chi connectivity index (χ0) is 12.7. The van der Waals surface area contributed by atoms with Gasteiger partial charge in [-0.2, -0.15) is 0 Å². The van der Waals surface area contributed by atoms with Gasteiger partial charge < -0.3 is 9.84 Å². The number of hydrogen-bond acceptors (Lipinski definition) is 3. The number of rotatable bonds is 6. The quantitative estimate of drug-likeness (QED) is 0.573. The molecule has 0 radical (unpaired) electrons. The number of carbonyl (C=O) groups is 1. The minimum atomic E-state index is -0.279. The lowest BCUT2D eigenvalue weighted by atomic mass is 9.79. The van der Waals surface area contributed by atoms with Crippen LogP contribution in [0.1, 0.15) is 45.4 Å². The summed E-state index contributed by atoms with van der Waals surface area (Å²) in [6.07, 6.45) is 6.73. The van der Waals surface area contributed by atoms with Crippen LogP contribution < -0.4 is 0 Å². The predicted molar refractivity (Wildman–Crippen MR) is 67.5 cm³/mol. The maximum atomic E-state index is 11.2. The van der Waals surface area contributed by atoms with Crippen molar-refractivity contribution < 1.29 is 14.6 Å². The molecule has 3 heteroatoms. The second-order valence-corrected chi connectivity index (χ2v) is 5.10. The lowest BCUT2D eigenvalue weighted by Crippen LogP contribution is -2.17. The van der Waals surface area contributed by atoms with E-state index in [4.69, 9.17) is 9.84 Å². The Bertz CT molecular complexity index is 252. The van der Waals surface area contributed by atoms with Gasteiger partial charge in [0.1, 0.15) is 0 Å². The lowest BCUT2D eigenvalue weighted by Gasteiger charge is -2.27. The fourth-order valence-electron chi connectivity index (χ4n) is 2.43. The molecule has 0 unspecified atom stereocenters. The van der Waals surface area contributed by atoms with E-state index in [0.717, 1.165) is 12.8 Å². The average molecular weight is 240 g/mol. The molecule has 0 atom stereocenters. The van der Waals surface area contributed by atoms with Crippen molar-refractivity contribution in [1.82, 2.24) is 0 Å². The van der Waals surface area contributed by atoms with Gasteiger partial charge in [0.2, 0.25) is 0 Å². The second kappa shape index (κ2) is 7.49. The molecule has 0 amide bonds. The molecule has 1 N–H and O–H groups in total. The monoisotopic (exact) mass is 240 g/mol. The first kappa shape index (κ1) is 14.2. The summed E-state index contributed by atoms with van der Waals surface area (Å²) in [6, 6.07) is 0. The minimum Gasteiger partial charge on any atom is -0.462 e. The molecule has 1 aliphatic rings. The summed E-state index contributed by atoms with van der Waals surface area (Å²) >= 11 is 0. The van der Waals surface area contributed by atoms with Crippen LogP contribution in [0, 0.1) is 11.8 Å². The van der Waals surface area contributed by atoms with E-state index in [-0.39, 0.29) is 5.97 Å². The van der Waals surface area contributed by atoms with Crippen molar-refractivity contribution in [1.29, 1.82) is 0 Å². The maximum Gasteiger partial charge on any atom is 0.333 e. The van der Waals surface area contributed by atoms with E-state index >= 15 is 0 Å². The highest BCUT2D eigenvalue weighted by molar-refractivity contribution is 5.86. The average Bonchev–Trinajstić information content (AvgIpc) is 2.31. The van der Waals surface area contributed by atoms with Gasteiger partial charge in [0, 0.05) is 12.2 Å². The lowest BCUT2D eigenvalue weighted by molar-refractivity contribution is -0.139. The summed E-state index contributed by atoms with van der Waals surface area (Å²) in [7, 11) is 0. The molecule has 0 heterocycles. The van der Waals surface area contributed by atoms with Crippen molar-refractivity contribution in [3.8, 4) is 0 Å². The molecule has 0 aliphatic heterocycles. The molecule has 98 valence electrons. The first-order chi connectivity index (χ1) is 8.13. The summed E-state index contributed by atoms with van der Waals surface area (Å²) in [4.78, 5) is 11.2. The van der Waals surface area contributed by atoms with E-state index in [0.29, 0.717) is 30.6 Å². The molecule has 0 spiro atoms. The molecule has 0 bridgehead atoms. The van der Waals surface area contributed by atoms with Gasteiger partial charge in [-0.05, 0) is 31.6 Å². The predicted octanol–water partition coefficient (Wildman–Crippen LogP) is 2.68. The number of carbonyl (C=O) groups excluding carboxylic acids is 1. The van der Waals surface area contributed by atoms with Crippen LogP contribution in [0.3, 0.4) is 0 Å². The smallest absolute Gasteiger partial charge is 0.333 e. The number of esters is 1. The highest BCUT2D eigenvalue weighted by Gasteiger charge is 2.20. The normalized spacial score (nSPS) is 24.4. The zero-order valence-electron chi connectivity index (χ0n) is 10.8. The fraction of sp³-hybridized carbons (Fsp3) is 0.786. The Balaban J connectivity index is 2.10. The largest absolute Gasteiger partial charge is 0.462 e. The highest BCUT2D eigenvalue weighted by Crippen LogP contribution is 2.32. The molecule has 0 aromatic rings. The third-order valence-electron chi connectivity index (χ3n) is 3.61. The van der Waals surface area contributed by atoms with Crippen LogP contribution >= 0.6 is 0 Å². The topological polar surface area (TPSA) is 46.5 Å². The Morgan fingerprint density at radius 2 is 1.76 bits per heavy atom. The molecule has 0 aromatic heterocycles. The van der Waals surface area contributed by atoms with Crippen molar-refractivity contribution in [2.75, 3.05) is 13.2 Å². The van der Waals surface area contributed by atoms with Gasteiger partial charge in [-0.25, -0.2) is 4.79 Å². The summed E-state index contributed by atoms with van der Waals surface area (Å²) in [6.45, 7) is 6.05. The summed E-state index contributed by atoms with van der Waals surface area (Å²) in [5.41, 5.74) is 0.469. The van der Waals surface area contributed by atoms with Gasteiger partial charge in [-0.3, -0.25) is 0 Å². The van der Waals surface area contributed by atoms with Gasteiger partial charge in [0.15, 0.2) is 0 Å². The molecule has 1 fully saturated rings. The number of aliphatic hydroxyl groups excluding tert-OH is 1. The fourth-order valence-corrected chi connectivity index (χ4v) is 2.43. The molecule has 3 nitrogen and oxygen atoms in total. The molecule has 1 saturated carbocycles. The Morgan fingerprint density at radius 1 is 1.24 bits per heavy atom. The van der Waals surface area contributed by atoms with E-state index in [9.17, 15) is 4.79 Å². The molecular formula is C14H24O3. The third-order valence-corrected chi connectivity index (χ3v) is 3.61. The number of hydrogen-bond donors (Lipinski definition) is 1. The SMILES string of the molecule is C=C(C)C(=O)OCCC1CCC(CCO)CC1. The third kappa shape index (κ3) is 5.35. The molecule has 1 aliphatic carbocycles. The standard InChI is InChI=1S/C14H24O3/c1-11(2)14(16)17-10-8-13-5-3-12(4-6-13)7-9-15/h12-13,15H,1,3-10H2,2H3. The van der Waals surface area contributed by atoms with Crippen LogP contribution in [-0.2, 0) is 9.53 Å². The molecule has 0 aromatic carbocycles. The Morgan fingerprint density at radius 3 is 2.24 bits per heavy atom. The van der Waals surface area contributed by atoms with Crippen LogP contribution in [0.5, 0.6) is 0 Å². The van der Waals surface area contributed by atoms with Crippen LogP contribution in [0.2, 0.25) is 0 Å². The maximum absolute atomic E-state index is 11.2. The first-order valence-corrected chi connectivity index (χ1v) is 6.57. The van der Waals surface area contributed by atoms with Crippen molar-refractivity contribution >= 4 is 5.97 Å². The molecular weight excluding hydrogens is 216 g/mol. The Hall–Kier alpha value is -0.830. The van der Waals surface area contributed by atoms with Crippen molar-refractivity contribution in [3.63, 3.8) is 0 Å². The first-order valence-electron chi connectivity index (χ1n) is 6.57. The van der Waals surface area contributed by atoms with Crippen LogP contribution in [-0.4, -0.2) is 24.3 Å². The van der Waals surface area contributed by atoms with Gasteiger partial charge >= 0.3 is 5.97 Å². The van der Waals surface area contributed by atoms with E-state index < -0.39 is 0 Å². The van der Waals surface area contributed by atoms with Gasteiger partial charge in [0.05, 0.1) is 6.61 Å². The van der Waals surface area contributed by atoms with Gasteiger partial charge in [0.25, 0.3) is 0 Å². The van der Waals surface area contributed by atoms with E-state index in [1.54, 1.807) is 6.92 Å². The number of ether oxygens (including phenoxy) is 1. The van der Waals surface area contributed by atoms with E-state index in [1.807, 2.05) is 0 Å². The summed E-state index contributed by atoms with van der Waals surface area (Å²) in [5, 5.41) is 8.87. The zero-order valence-corrected chi connectivity index (χ0v) is 10.8. The summed E-state index contributed by atoms with van der Waals surface area (Å²) < 4.78 is 5.10. The van der Waals surface area contributed by atoms with Gasteiger partial charge in [-0.1, -0.05) is 32.3 Å². The van der Waals surface area contributed by atoms with Crippen LogP contribution in [0.25, 0.3) is 0 Å². The molecule has 1 rings (SSSR count).